The molecule has 2 aromatic rings. The zero-order valence-electron chi connectivity index (χ0n) is 10.3. The molecular weight excluding hydrogens is 282 g/mol. The van der Waals surface area contributed by atoms with E-state index in [2.05, 4.69) is 0 Å². The SMILES string of the molecule is Nc1ccc(CCC(=O)OCc2ccc(Cl)s2)cc1. The second-order valence-electron chi connectivity index (χ2n) is 4.11. The highest BCUT2D eigenvalue weighted by Gasteiger charge is 2.05. The van der Waals surface area contributed by atoms with Crippen LogP contribution < -0.4 is 5.73 Å². The minimum atomic E-state index is -0.207. The van der Waals surface area contributed by atoms with Gasteiger partial charge in [-0.05, 0) is 36.2 Å². The smallest absolute Gasteiger partial charge is 0.306 e. The van der Waals surface area contributed by atoms with Crippen molar-refractivity contribution in [3.63, 3.8) is 0 Å². The molecule has 0 spiro atoms. The quantitative estimate of drug-likeness (QED) is 0.676. The number of hydrogen-bond acceptors (Lipinski definition) is 4. The van der Waals surface area contributed by atoms with Crippen LogP contribution >= 0.6 is 22.9 Å². The molecule has 1 aromatic carbocycles. The first-order valence-corrected chi connectivity index (χ1v) is 7.07. The molecule has 0 atom stereocenters. The fraction of sp³-hybridized carbons (Fsp3) is 0.214. The van der Waals surface area contributed by atoms with Crippen LogP contribution in [0.25, 0.3) is 0 Å². The summed E-state index contributed by atoms with van der Waals surface area (Å²) in [5.41, 5.74) is 7.39. The van der Waals surface area contributed by atoms with Crippen molar-refractivity contribution in [2.24, 2.45) is 0 Å². The molecule has 0 aliphatic rings. The molecule has 0 unspecified atom stereocenters. The number of thiophene rings is 1. The summed E-state index contributed by atoms with van der Waals surface area (Å²) in [6.45, 7) is 0.290. The monoisotopic (exact) mass is 295 g/mol. The number of aryl methyl sites for hydroxylation is 1. The number of rotatable bonds is 5. The Morgan fingerprint density at radius 1 is 1.21 bits per heavy atom. The third kappa shape index (κ3) is 4.58. The normalized spacial score (nSPS) is 10.4. The highest BCUT2D eigenvalue weighted by atomic mass is 35.5. The van der Waals surface area contributed by atoms with E-state index in [4.69, 9.17) is 22.1 Å². The molecule has 3 nitrogen and oxygen atoms in total. The fourth-order valence-corrected chi connectivity index (χ4v) is 2.58. The molecule has 0 amide bonds. The van der Waals surface area contributed by atoms with E-state index in [0.29, 0.717) is 17.2 Å². The van der Waals surface area contributed by atoms with Gasteiger partial charge in [-0.2, -0.15) is 0 Å². The lowest BCUT2D eigenvalue weighted by Gasteiger charge is -2.04. The number of esters is 1. The molecule has 0 bridgehead atoms. The second kappa shape index (κ2) is 6.59. The van der Waals surface area contributed by atoms with Crippen molar-refractivity contribution >= 4 is 34.6 Å². The lowest BCUT2D eigenvalue weighted by atomic mass is 10.1. The van der Waals surface area contributed by atoms with Crippen LogP contribution in [0.5, 0.6) is 0 Å². The van der Waals surface area contributed by atoms with Crippen molar-refractivity contribution in [3.8, 4) is 0 Å². The maximum Gasteiger partial charge on any atom is 0.306 e. The van der Waals surface area contributed by atoms with Crippen LogP contribution in [0, 0.1) is 0 Å². The van der Waals surface area contributed by atoms with E-state index in [0.717, 1.165) is 16.1 Å². The Kier molecular flexibility index (Phi) is 4.82. The van der Waals surface area contributed by atoms with Gasteiger partial charge >= 0.3 is 5.97 Å². The first kappa shape index (κ1) is 13.9. The van der Waals surface area contributed by atoms with Crippen LogP contribution in [0.1, 0.15) is 16.9 Å². The van der Waals surface area contributed by atoms with E-state index < -0.39 is 0 Å². The molecule has 1 heterocycles. The molecule has 0 aliphatic carbocycles. The summed E-state index contributed by atoms with van der Waals surface area (Å²) in [4.78, 5) is 12.5. The Bertz CT molecular complexity index is 551. The lowest BCUT2D eigenvalue weighted by Crippen LogP contribution is -2.05. The number of carbonyl (C=O) groups is 1. The summed E-state index contributed by atoms with van der Waals surface area (Å²) in [5.74, 6) is -0.207. The third-order valence-corrected chi connectivity index (χ3v) is 3.81. The molecule has 19 heavy (non-hydrogen) atoms. The minimum Gasteiger partial charge on any atom is -0.460 e. The van der Waals surface area contributed by atoms with E-state index in [1.54, 1.807) is 6.07 Å². The van der Waals surface area contributed by atoms with Crippen molar-refractivity contribution in [1.82, 2.24) is 0 Å². The van der Waals surface area contributed by atoms with Crippen molar-refractivity contribution in [2.45, 2.75) is 19.4 Å². The fourth-order valence-electron chi connectivity index (χ4n) is 1.58. The van der Waals surface area contributed by atoms with Crippen LogP contribution in [0.15, 0.2) is 36.4 Å². The maximum absolute atomic E-state index is 11.6. The number of anilines is 1. The number of benzene rings is 1. The average Bonchev–Trinajstić information content (AvgIpc) is 2.81. The molecule has 0 fully saturated rings. The van der Waals surface area contributed by atoms with Crippen molar-refractivity contribution in [2.75, 3.05) is 5.73 Å². The number of carbonyl (C=O) groups excluding carboxylic acids is 1. The van der Waals surface area contributed by atoms with E-state index in [1.807, 2.05) is 30.3 Å². The van der Waals surface area contributed by atoms with Gasteiger partial charge in [0, 0.05) is 17.0 Å². The number of nitrogen functional groups attached to an aromatic ring is 1. The molecule has 2 N–H and O–H groups in total. The van der Waals surface area contributed by atoms with Crippen LogP contribution in [0.3, 0.4) is 0 Å². The van der Waals surface area contributed by atoms with E-state index in [9.17, 15) is 4.79 Å². The van der Waals surface area contributed by atoms with Gasteiger partial charge in [-0.25, -0.2) is 0 Å². The number of ether oxygens (including phenoxy) is 1. The Morgan fingerprint density at radius 2 is 1.95 bits per heavy atom. The Labute approximate surface area is 121 Å². The van der Waals surface area contributed by atoms with Gasteiger partial charge in [-0.3, -0.25) is 4.79 Å². The number of nitrogens with two attached hydrogens (primary N) is 1. The summed E-state index contributed by atoms with van der Waals surface area (Å²) in [6, 6.07) is 11.1. The first-order chi connectivity index (χ1) is 9.13. The molecule has 1 aromatic heterocycles. The summed E-state index contributed by atoms with van der Waals surface area (Å²) in [5, 5.41) is 0. The van der Waals surface area contributed by atoms with Crippen LogP contribution in [-0.4, -0.2) is 5.97 Å². The topological polar surface area (TPSA) is 52.3 Å². The summed E-state index contributed by atoms with van der Waals surface area (Å²) in [7, 11) is 0. The van der Waals surface area contributed by atoms with E-state index in [-0.39, 0.29) is 12.6 Å². The van der Waals surface area contributed by atoms with Gasteiger partial charge < -0.3 is 10.5 Å². The Hall–Kier alpha value is -1.52. The molecule has 5 heteroatoms. The molecular formula is C14H14ClNO2S. The largest absolute Gasteiger partial charge is 0.460 e. The van der Waals surface area contributed by atoms with Gasteiger partial charge in [-0.1, -0.05) is 23.7 Å². The van der Waals surface area contributed by atoms with Gasteiger partial charge in [-0.15, -0.1) is 11.3 Å². The predicted octanol–water partition coefficient (Wildman–Crippen LogP) is 3.66. The van der Waals surface area contributed by atoms with E-state index >= 15 is 0 Å². The first-order valence-electron chi connectivity index (χ1n) is 5.88. The molecule has 0 aliphatic heterocycles. The zero-order chi connectivity index (χ0) is 13.7. The van der Waals surface area contributed by atoms with Crippen LogP contribution in [0.2, 0.25) is 4.34 Å². The number of halogens is 1. The number of hydrogen-bond donors (Lipinski definition) is 1. The van der Waals surface area contributed by atoms with Gasteiger partial charge in [0.25, 0.3) is 0 Å². The third-order valence-electron chi connectivity index (χ3n) is 2.60. The lowest BCUT2D eigenvalue weighted by molar-refractivity contribution is -0.144. The predicted molar refractivity (Wildman–Crippen MR) is 78.3 cm³/mol. The van der Waals surface area contributed by atoms with Gasteiger partial charge in [0.1, 0.15) is 6.61 Å². The van der Waals surface area contributed by atoms with Gasteiger partial charge in [0.05, 0.1) is 4.34 Å². The van der Waals surface area contributed by atoms with Gasteiger partial charge in [0.2, 0.25) is 0 Å². The average molecular weight is 296 g/mol. The minimum absolute atomic E-state index is 0.207. The Morgan fingerprint density at radius 3 is 2.58 bits per heavy atom. The summed E-state index contributed by atoms with van der Waals surface area (Å²) < 4.78 is 5.88. The molecule has 0 saturated heterocycles. The Balaban J connectivity index is 1.74. The highest BCUT2D eigenvalue weighted by molar-refractivity contribution is 7.16. The van der Waals surface area contributed by atoms with Crippen LogP contribution in [-0.2, 0) is 22.6 Å². The maximum atomic E-state index is 11.6. The summed E-state index contributed by atoms with van der Waals surface area (Å²) in [6.07, 6.45) is 1.02. The van der Waals surface area contributed by atoms with Gasteiger partial charge in [0.15, 0.2) is 0 Å². The summed E-state index contributed by atoms with van der Waals surface area (Å²) >= 11 is 7.22. The highest BCUT2D eigenvalue weighted by Crippen LogP contribution is 2.22. The standard InChI is InChI=1S/C14H14ClNO2S/c15-13-7-6-12(19-13)9-18-14(17)8-3-10-1-4-11(16)5-2-10/h1-2,4-7H,3,8-9,16H2. The molecule has 100 valence electrons. The van der Waals surface area contributed by atoms with E-state index in [1.165, 1.54) is 11.3 Å². The molecule has 0 radical (unpaired) electrons. The van der Waals surface area contributed by atoms with Crippen molar-refractivity contribution in [3.05, 3.63) is 51.2 Å². The van der Waals surface area contributed by atoms with Crippen LogP contribution in [0.4, 0.5) is 5.69 Å². The van der Waals surface area contributed by atoms with Crippen molar-refractivity contribution in [1.29, 1.82) is 0 Å². The molecule has 0 saturated carbocycles. The second-order valence-corrected chi connectivity index (χ2v) is 5.91. The molecule has 2 rings (SSSR count). The van der Waals surface area contributed by atoms with Crippen molar-refractivity contribution < 1.29 is 9.53 Å². The zero-order valence-corrected chi connectivity index (χ0v) is 11.8.